The van der Waals surface area contributed by atoms with Gasteiger partial charge in [-0.1, -0.05) is 18.2 Å². The maximum absolute atomic E-state index is 12.9. The Morgan fingerprint density at radius 1 is 1.13 bits per heavy atom. The van der Waals surface area contributed by atoms with Gasteiger partial charge in [0.25, 0.3) is 5.91 Å². The average Bonchev–Trinajstić information content (AvgIpc) is 3.30. The number of nitrogens with zero attached hydrogens (tertiary/aromatic N) is 3. The van der Waals surface area contributed by atoms with Gasteiger partial charge in [-0.25, -0.2) is 4.98 Å². The Kier molecular flexibility index (Phi) is 6.41. The number of hydrogen-bond donors (Lipinski definition) is 2. The van der Waals surface area contributed by atoms with Crippen molar-refractivity contribution >= 4 is 41.0 Å². The van der Waals surface area contributed by atoms with E-state index < -0.39 is 6.04 Å². The zero-order valence-corrected chi connectivity index (χ0v) is 17.9. The summed E-state index contributed by atoms with van der Waals surface area (Å²) >= 11 is 1.56. The van der Waals surface area contributed by atoms with Crippen LogP contribution in [0.25, 0.3) is 0 Å². The Bertz CT molecular complexity index is 953. The second-order valence-electron chi connectivity index (χ2n) is 7.74. The number of benzene rings is 1. The highest BCUT2D eigenvalue weighted by Crippen LogP contribution is 2.25. The van der Waals surface area contributed by atoms with Gasteiger partial charge in [-0.2, -0.15) is 0 Å². The fourth-order valence-corrected chi connectivity index (χ4v) is 5.05. The second-order valence-corrected chi connectivity index (χ2v) is 8.74. The van der Waals surface area contributed by atoms with Crippen molar-refractivity contribution in [3.8, 4) is 0 Å². The smallest absolute Gasteiger partial charge is 0.255 e. The molecule has 2 aliphatic rings. The Labute approximate surface area is 185 Å². The molecule has 31 heavy (non-hydrogen) atoms. The van der Waals surface area contributed by atoms with Crippen molar-refractivity contribution in [2.45, 2.75) is 18.9 Å². The molecule has 3 N–H and O–H groups in total. The number of primary amides is 1. The minimum absolute atomic E-state index is 0.145. The number of nitrogens with one attached hydrogen (secondary N) is 1. The van der Waals surface area contributed by atoms with E-state index in [2.05, 4.69) is 10.3 Å². The average molecular weight is 440 g/mol. The van der Waals surface area contributed by atoms with Crippen molar-refractivity contribution in [3.05, 3.63) is 54.2 Å². The molecule has 4 rings (SSSR count). The third-order valence-electron chi connectivity index (χ3n) is 5.63. The topological polar surface area (TPSA) is 109 Å². The van der Waals surface area contributed by atoms with Gasteiger partial charge in [0.1, 0.15) is 11.9 Å². The number of anilines is 2. The molecule has 3 amide bonds. The van der Waals surface area contributed by atoms with Gasteiger partial charge in [0.15, 0.2) is 0 Å². The fraction of sp³-hybridized carbons (Fsp3) is 0.364. The van der Waals surface area contributed by atoms with E-state index in [0.717, 1.165) is 25.2 Å². The highest BCUT2D eigenvalue weighted by atomic mass is 32.2. The Balaban J connectivity index is 1.39. The van der Waals surface area contributed by atoms with E-state index in [4.69, 9.17) is 5.73 Å². The molecule has 2 aliphatic heterocycles. The van der Waals surface area contributed by atoms with Crippen LogP contribution in [0.15, 0.2) is 48.7 Å². The number of nitrogens with two attached hydrogens (primary N) is 1. The van der Waals surface area contributed by atoms with Crippen molar-refractivity contribution in [1.82, 2.24) is 9.88 Å². The number of carbonyl (C=O) groups excluding carboxylic acids is 3. The molecule has 9 heteroatoms. The summed E-state index contributed by atoms with van der Waals surface area (Å²) in [4.78, 5) is 45.2. The SMILES string of the molecule is NC(=O)C1CCCN(c2ccc(NC(=O)[C@@H]3CSCN3C(=O)c3ccccc3)cn2)C1. The van der Waals surface area contributed by atoms with E-state index in [9.17, 15) is 14.4 Å². The number of aromatic nitrogens is 1. The minimum atomic E-state index is -0.532. The van der Waals surface area contributed by atoms with Crippen molar-refractivity contribution in [2.24, 2.45) is 11.7 Å². The van der Waals surface area contributed by atoms with Crippen LogP contribution < -0.4 is 16.0 Å². The first-order chi connectivity index (χ1) is 15.0. The molecule has 2 saturated heterocycles. The number of rotatable bonds is 5. The molecule has 3 heterocycles. The lowest BCUT2D eigenvalue weighted by Crippen LogP contribution is -2.44. The van der Waals surface area contributed by atoms with E-state index in [0.29, 0.717) is 29.4 Å². The van der Waals surface area contributed by atoms with Crippen LogP contribution in [0.1, 0.15) is 23.2 Å². The van der Waals surface area contributed by atoms with Crippen LogP contribution in [0, 0.1) is 5.92 Å². The molecule has 8 nitrogen and oxygen atoms in total. The number of hydrogen-bond acceptors (Lipinski definition) is 6. The van der Waals surface area contributed by atoms with E-state index in [1.807, 2.05) is 29.2 Å². The normalized spacial score (nSPS) is 21.0. The van der Waals surface area contributed by atoms with Gasteiger partial charge in [-0.3, -0.25) is 14.4 Å². The number of amides is 3. The Hall–Kier alpha value is -3.07. The van der Waals surface area contributed by atoms with Crippen LogP contribution in [-0.2, 0) is 9.59 Å². The monoisotopic (exact) mass is 439 g/mol. The van der Waals surface area contributed by atoms with Gasteiger partial charge in [0.05, 0.1) is 23.7 Å². The molecule has 1 aromatic carbocycles. The molecule has 0 saturated carbocycles. The van der Waals surface area contributed by atoms with E-state index >= 15 is 0 Å². The first kappa shape index (κ1) is 21.2. The third kappa shape index (κ3) is 4.82. The van der Waals surface area contributed by atoms with Crippen molar-refractivity contribution < 1.29 is 14.4 Å². The standard InChI is InChI=1S/C22H25N5O3S/c23-20(28)16-7-4-10-26(12-16)19-9-8-17(11-24-19)25-21(29)18-13-31-14-27(18)22(30)15-5-2-1-3-6-15/h1-3,5-6,8-9,11,16,18H,4,7,10,12-14H2,(H2,23,28)(H,25,29)/t16?,18-/m0/s1. The van der Waals surface area contributed by atoms with Crippen LogP contribution >= 0.6 is 11.8 Å². The summed E-state index contributed by atoms with van der Waals surface area (Å²) in [6.45, 7) is 1.38. The van der Waals surface area contributed by atoms with Gasteiger partial charge < -0.3 is 20.9 Å². The van der Waals surface area contributed by atoms with E-state index in [1.165, 1.54) is 0 Å². The highest BCUT2D eigenvalue weighted by molar-refractivity contribution is 7.99. The van der Waals surface area contributed by atoms with Crippen molar-refractivity contribution in [3.63, 3.8) is 0 Å². The summed E-state index contributed by atoms with van der Waals surface area (Å²) in [6.07, 6.45) is 3.29. The largest absolute Gasteiger partial charge is 0.369 e. The molecule has 1 aromatic heterocycles. The van der Waals surface area contributed by atoms with Crippen LogP contribution in [-0.4, -0.2) is 58.4 Å². The lowest BCUT2D eigenvalue weighted by molar-refractivity contribution is -0.122. The molecule has 0 bridgehead atoms. The first-order valence-corrected chi connectivity index (χ1v) is 11.4. The van der Waals surface area contributed by atoms with Gasteiger partial charge >= 0.3 is 0 Å². The summed E-state index contributed by atoms with van der Waals surface area (Å²) in [5.41, 5.74) is 6.60. The zero-order chi connectivity index (χ0) is 21.8. The third-order valence-corrected chi connectivity index (χ3v) is 6.64. The number of piperidine rings is 1. The molecule has 1 unspecified atom stereocenters. The highest BCUT2D eigenvalue weighted by Gasteiger charge is 2.35. The molecule has 2 atom stereocenters. The summed E-state index contributed by atoms with van der Waals surface area (Å²) in [5.74, 6) is 0.975. The molecule has 2 fully saturated rings. The van der Waals surface area contributed by atoms with Gasteiger partial charge in [-0.05, 0) is 37.1 Å². The summed E-state index contributed by atoms with van der Waals surface area (Å²) in [5, 5.41) is 2.88. The van der Waals surface area contributed by atoms with Crippen LogP contribution in [0.4, 0.5) is 11.5 Å². The van der Waals surface area contributed by atoms with E-state index in [-0.39, 0.29) is 23.6 Å². The Morgan fingerprint density at radius 3 is 2.65 bits per heavy atom. The summed E-state index contributed by atoms with van der Waals surface area (Å²) < 4.78 is 0. The fourth-order valence-electron chi connectivity index (χ4n) is 3.90. The molecule has 162 valence electrons. The molecular weight excluding hydrogens is 414 g/mol. The van der Waals surface area contributed by atoms with Gasteiger partial charge in [-0.15, -0.1) is 11.8 Å². The number of pyridine rings is 1. The lowest BCUT2D eigenvalue weighted by Gasteiger charge is -2.32. The summed E-state index contributed by atoms with van der Waals surface area (Å²) in [6, 6.07) is 12.1. The minimum Gasteiger partial charge on any atom is -0.369 e. The first-order valence-electron chi connectivity index (χ1n) is 10.3. The predicted octanol–water partition coefficient (Wildman–Crippen LogP) is 1.94. The molecule has 0 radical (unpaired) electrons. The molecular formula is C22H25N5O3S. The number of carbonyl (C=O) groups is 3. The van der Waals surface area contributed by atoms with Crippen LogP contribution in [0.5, 0.6) is 0 Å². The maximum Gasteiger partial charge on any atom is 0.255 e. The molecule has 0 aliphatic carbocycles. The van der Waals surface area contributed by atoms with Crippen molar-refractivity contribution in [2.75, 3.05) is 34.9 Å². The zero-order valence-electron chi connectivity index (χ0n) is 17.1. The van der Waals surface area contributed by atoms with Gasteiger partial charge in [0.2, 0.25) is 11.8 Å². The molecule has 2 aromatic rings. The number of thioether (sulfide) groups is 1. The van der Waals surface area contributed by atoms with E-state index in [1.54, 1.807) is 41.1 Å². The van der Waals surface area contributed by atoms with Crippen LogP contribution in [0.2, 0.25) is 0 Å². The Morgan fingerprint density at radius 2 is 1.94 bits per heavy atom. The second kappa shape index (κ2) is 9.38. The molecule has 0 spiro atoms. The van der Waals surface area contributed by atoms with Crippen molar-refractivity contribution in [1.29, 1.82) is 0 Å². The maximum atomic E-state index is 12.9. The van der Waals surface area contributed by atoms with Gasteiger partial charge in [0, 0.05) is 24.4 Å². The van der Waals surface area contributed by atoms with Crippen LogP contribution in [0.3, 0.4) is 0 Å². The quantitative estimate of drug-likeness (QED) is 0.737. The lowest BCUT2D eigenvalue weighted by atomic mass is 9.97. The predicted molar refractivity (Wildman–Crippen MR) is 121 cm³/mol. The summed E-state index contributed by atoms with van der Waals surface area (Å²) in [7, 11) is 0.